The van der Waals surface area contributed by atoms with Gasteiger partial charge in [-0.1, -0.05) is 12.1 Å². The number of aryl methyl sites for hydroxylation is 1. The number of aromatic nitrogens is 2. The monoisotopic (exact) mass is 391 g/mol. The largest absolute Gasteiger partial charge is 0.508 e. The van der Waals surface area contributed by atoms with Crippen molar-refractivity contribution in [2.24, 2.45) is 5.10 Å². The molecule has 0 saturated carbocycles. The predicted octanol–water partition coefficient (Wildman–Crippen LogP) is 4.18. The van der Waals surface area contributed by atoms with Crippen molar-refractivity contribution in [3.63, 3.8) is 0 Å². The molecule has 0 aliphatic carbocycles. The number of hydrazone groups is 1. The molecular weight excluding hydrogens is 370 g/mol. The zero-order valence-electron chi connectivity index (χ0n) is 16.2. The minimum absolute atomic E-state index is 0.0386. The van der Waals surface area contributed by atoms with Gasteiger partial charge >= 0.3 is 0 Å². The number of phenolic OH excluding ortho intramolecular Hbond substituents is 1. The molecule has 29 heavy (non-hydrogen) atoms. The van der Waals surface area contributed by atoms with Crippen LogP contribution in [0.5, 0.6) is 5.75 Å². The van der Waals surface area contributed by atoms with E-state index in [0.717, 1.165) is 34.8 Å². The average molecular weight is 391 g/mol. The number of nitro benzene ring substituents is 1. The normalized spacial score (nSPS) is 16.1. The van der Waals surface area contributed by atoms with Crippen molar-refractivity contribution in [2.75, 3.05) is 5.01 Å². The highest BCUT2D eigenvalue weighted by Gasteiger charge is 2.32. The summed E-state index contributed by atoms with van der Waals surface area (Å²) in [6.07, 6.45) is 2.50. The number of phenols is 1. The van der Waals surface area contributed by atoms with Crippen LogP contribution in [0.2, 0.25) is 0 Å². The van der Waals surface area contributed by atoms with Gasteiger partial charge in [-0.05, 0) is 38.1 Å². The third-order valence-electron chi connectivity index (χ3n) is 5.21. The van der Waals surface area contributed by atoms with E-state index in [1.807, 2.05) is 35.8 Å². The molecule has 8 nitrogen and oxygen atoms in total. The van der Waals surface area contributed by atoms with E-state index < -0.39 is 4.92 Å². The summed E-state index contributed by atoms with van der Waals surface area (Å²) in [7, 11) is 0. The van der Waals surface area contributed by atoms with Crippen LogP contribution in [0.3, 0.4) is 0 Å². The third-order valence-corrected chi connectivity index (χ3v) is 5.21. The average Bonchev–Trinajstić information content (AvgIpc) is 3.31. The Morgan fingerprint density at radius 3 is 2.62 bits per heavy atom. The van der Waals surface area contributed by atoms with Gasteiger partial charge in [0.05, 0.1) is 28.6 Å². The van der Waals surface area contributed by atoms with Gasteiger partial charge < -0.3 is 5.11 Å². The molecule has 1 atom stereocenters. The molecule has 1 aliphatic heterocycles. The fourth-order valence-electron chi connectivity index (χ4n) is 3.68. The maximum absolute atomic E-state index is 11.0. The first-order chi connectivity index (χ1) is 14.0. The summed E-state index contributed by atoms with van der Waals surface area (Å²) in [5.74, 6) is 0.186. The first-order valence-electron chi connectivity index (χ1n) is 9.40. The number of hydrogen-bond acceptors (Lipinski definition) is 6. The highest BCUT2D eigenvalue weighted by molar-refractivity contribution is 6.03. The first kappa shape index (κ1) is 18.7. The zero-order valence-corrected chi connectivity index (χ0v) is 16.2. The summed E-state index contributed by atoms with van der Waals surface area (Å²) < 4.78 is 1.94. The predicted molar refractivity (Wildman–Crippen MR) is 110 cm³/mol. The number of nitro groups is 1. The molecule has 0 saturated heterocycles. The second-order valence-corrected chi connectivity index (χ2v) is 6.94. The number of non-ortho nitro benzene ring substituents is 1. The SMILES string of the molecule is CCn1ncc(C2CC(c3cccc(O)c3)=NN2c2ccc([N+](=O)[O-])cc2)c1C. The van der Waals surface area contributed by atoms with Crippen LogP contribution in [0.1, 0.15) is 36.2 Å². The summed E-state index contributed by atoms with van der Waals surface area (Å²) in [5.41, 5.74) is 4.62. The third kappa shape index (κ3) is 3.44. The Bertz CT molecular complexity index is 1090. The molecule has 0 bridgehead atoms. The summed E-state index contributed by atoms with van der Waals surface area (Å²) in [6, 6.07) is 13.3. The molecule has 2 aromatic carbocycles. The molecule has 0 radical (unpaired) electrons. The van der Waals surface area contributed by atoms with Gasteiger partial charge in [0.15, 0.2) is 0 Å². The Kier molecular flexibility index (Phi) is 4.75. The highest BCUT2D eigenvalue weighted by Crippen LogP contribution is 2.38. The Morgan fingerprint density at radius 1 is 1.24 bits per heavy atom. The molecule has 4 rings (SSSR count). The van der Waals surface area contributed by atoms with Crippen molar-refractivity contribution in [1.82, 2.24) is 9.78 Å². The molecule has 2 heterocycles. The van der Waals surface area contributed by atoms with Gasteiger partial charge in [-0.2, -0.15) is 10.2 Å². The second-order valence-electron chi connectivity index (χ2n) is 6.94. The zero-order chi connectivity index (χ0) is 20.5. The maximum Gasteiger partial charge on any atom is 0.269 e. The van der Waals surface area contributed by atoms with Gasteiger partial charge in [0, 0.05) is 41.9 Å². The molecule has 3 aromatic rings. The van der Waals surface area contributed by atoms with E-state index in [1.54, 1.807) is 30.3 Å². The summed E-state index contributed by atoms with van der Waals surface area (Å²) in [4.78, 5) is 10.6. The Labute approximate surface area is 167 Å². The topological polar surface area (TPSA) is 96.8 Å². The van der Waals surface area contributed by atoms with Gasteiger partial charge in [0.2, 0.25) is 0 Å². The Balaban J connectivity index is 1.77. The fraction of sp³-hybridized carbons (Fsp3) is 0.238. The van der Waals surface area contributed by atoms with Gasteiger partial charge in [0.1, 0.15) is 5.75 Å². The van der Waals surface area contributed by atoms with Crippen LogP contribution in [0.25, 0.3) is 0 Å². The lowest BCUT2D eigenvalue weighted by Gasteiger charge is -2.23. The van der Waals surface area contributed by atoms with Crippen molar-refractivity contribution in [3.8, 4) is 5.75 Å². The Hall–Kier alpha value is -3.68. The molecule has 0 amide bonds. The van der Waals surface area contributed by atoms with Crippen LogP contribution in [0, 0.1) is 17.0 Å². The van der Waals surface area contributed by atoms with Crippen molar-refractivity contribution < 1.29 is 10.0 Å². The van der Waals surface area contributed by atoms with E-state index in [-0.39, 0.29) is 17.5 Å². The first-order valence-corrected chi connectivity index (χ1v) is 9.40. The number of nitrogens with zero attached hydrogens (tertiary/aromatic N) is 5. The number of anilines is 1. The highest BCUT2D eigenvalue weighted by atomic mass is 16.6. The van der Waals surface area contributed by atoms with Crippen molar-refractivity contribution in [3.05, 3.63) is 81.7 Å². The lowest BCUT2D eigenvalue weighted by Crippen LogP contribution is -2.19. The van der Waals surface area contributed by atoms with E-state index in [1.165, 1.54) is 12.1 Å². The molecule has 1 unspecified atom stereocenters. The van der Waals surface area contributed by atoms with Crippen LogP contribution in [-0.4, -0.2) is 25.5 Å². The van der Waals surface area contributed by atoms with Crippen molar-refractivity contribution >= 4 is 17.1 Å². The van der Waals surface area contributed by atoms with Crippen LogP contribution >= 0.6 is 0 Å². The number of benzene rings is 2. The number of rotatable bonds is 5. The molecule has 148 valence electrons. The summed E-state index contributed by atoms with van der Waals surface area (Å²) in [5, 5.41) is 32.0. The molecule has 8 heteroatoms. The molecule has 0 spiro atoms. The van der Waals surface area contributed by atoms with E-state index in [9.17, 15) is 15.2 Å². The van der Waals surface area contributed by atoms with Gasteiger partial charge in [0.25, 0.3) is 5.69 Å². The van der Waals surface area contributed by atoms with E-state index in [4.69, 9.17) is 5.10 Å². The van der Waals surface area contributed by atoms with E-state index in [0.29, 0.717) is 6.42 Å². The van der Waals surface area contributed by atoms with Crippen LogP contribution < -0.4 is 5.01 Å². The standard InChI is InChI=1S/C21H21N5O3/c1-3-24-14(2)19(13-22-24)21-12-20(15-5-4-6-18(27)11-15)23-25(21)16-7-9-17(10-8-16)26(28)29/h4-11,13,21,27H,3,12H2,1-2H3. The smallest absolute Gasteiger partial charge is 0.269 e. The van der Waals surface area contributed by atoms with Crippen molar-refractivity contribution in [2.45, 2.75) is 32.9 Å². The fourth-order valence-corrected chi connectivity index (χ4v) is 3.68. The molecule has 0 fully saturated rings. The quantitative estimate of drug-likeness (QED) is 0.520. The van der Waals surface area contributed by atoms with Crippen molar-refractivity contribution in [1.29, 1.82) is 0 Å². The van der Waals surface area contributed by atoms with E-state index >= 15 is 0 Å². The van der Waals surface area contributed by atoms with Gasteiger partial charge in [-0.25, -0.2) is 0 Å². The van der Waals surface area contributed by atoms with Gasteiger partial charge in [-0.15, -0.1) is 0 Å². The summed E-state index contributed by atoms with van der Waals surface area (Å²) in [6.45, 7) is 4.85. The van der Waals surface area contributed by atoms with Crippen LogP contribution in [0.4, 0.5) is 11.4 Å². The minimum atomic E-state index is -0.415. The molecule has 1 N–H and O–H groups in total. The maximum atomic E-state index is 11.0. The molecule has 1 aromatic heterocycles. The number of aromatic hydroxyl groups is 1. The van der Waals surface area contributed by atoms with E-state index in [2.05, 4.69) is 5.10 Å². The van der Waals surface area contributed by atoms with Crippen LogP contribution in [-0.2, 0) is 6.54 Å². The molecule has 1 aliphatic rings. The van der Waals surface area contributed by atoms with Gasteiger partial charge in [-0.3, -0.25) is 19.8 Å². The van der Waals surface area contributed by atoms with Crippen LogP contribution in [0.15, 0.2) is 59.8 Å². The lowest BCUT2D eigenvalue weighted by molar-refractivity contribution is -0.384. The molecular formula is C21H21N5O3. The second kappa shape index (κ2) is 7.38. The Morgan fingerprint density at radius 2 is 2.00 bits per heavy atom. The summed E-state index contributed by atoms with van der Waals surface area (Å²) >= 11 is 0. The number of hydrogen-bond donors (Lipinski definition) is 1. The lowest BCUT2D eigenvalue weighted by atomic mass is 9.98. The minimum Gasteiger partial charge on any atom is -0.508 e.